The molecule has 5 rings (SSSR count). The molecular weight excluding hydrogens is 498 g/mol. The van der Waals surface area contributed by atoms with Gasteiger partial charge in [0, 0.05) is 48.0 Å². The molecule has 0 aliphatic carbocycles. The molecule has 1 saturated heterocycles. The number of amides is 1. The molecule has 4 aromatic rings. The normalized spacial score (nSPS) is 15.0. The second-order valence-corrected chi connectivity index (χ2v) is 11.3. The van der Waals surface area contributed by atoms with E-state index in [1.165, 1.54) is 34.2 Å². The van der Waals surface area contributed by atoms with Gasteiger partial charge in [0.2, 0.25) is 5.69 Å². The number of carbonyl (C=O) groups is 1. The van der Waals surface area contributed by atoms with Gasteiger partial charge in [0.25, 0.3) is 15.9 Å². The highest BCUT2D eigenvalue weighted by Crippen LogP contribution is 2.33. The van der Waals surface area contributed by atoms with Gasteiger partial charge in [-0.2, -0.15) is 9.04 Å². The van der Waals surface area contributed by atoms with Crippen molar-refractivity contribution in [1.29, 1.82) is 0 Å². The van der Waals surface area contributed by atoms with Crippen molar-refractivity contribution in [3.8, 4) is 11.4 Å². The van der Waals surface area contributed by atoms with Gasteiger partial charge in [-0.15, -0.1) is 11.3 Å². The fourth-order valence-corrected chi connectivity index (χ4v) is 6.98. The number of carbonyl (C=O) groups excluding carboxylic acids is 1. The molecular formula is C22H18ClN5O4S2. The van der Waals surface area contributed by atoms with E-state index in [-0.39, 0.29) is 42.0 Å². The van der Waals surface area contributed by atoms with E-state index >= 15 is 0 Å². The number of halogens is 1. The third kappa shape index (κ3) is 4.23. The minimum atomic E-state index is -3.68. The van der Waals surface area contributed by atoms with Crippen LogP contribution in [0.3, 0.4) is 0 Å². The van der Waals surface area contributed by atoms with Crippen LogP contribution in [-0.2, 0) is 10.0 Å². The summed E-state index contributed by atoms with van der Waals surface area (Å²) in [5.74, 6) is -0.337. The number of fused-ring (bicyclic) bond motifs is 1. The summed E-state index contributed by atoms with van der Waals surface area (Å²) in [6, 6.07) is 11.9. The number of benzene rings is 1. The molecule has 0 atom stereocenters. The fourth-order valence-electron chi connectivity index (χ4n) is 3.73. The SMILES string of the molecule is O=C(c1cnc(-c2cccc[n+]2[O-])cn1)N1CCN(S(=O)(=O)c2cc3ccc(Cl)cc3s2)CC1. The highest BCUT2D eigenvalue weighted by atomic mass is 35.5. The Morgan fingerprint density at radius 1 is 1.06 bits per heavy atom. The highest BCUT2D eigenvalue weighted by Gasteiger charge is 2.32. The smallest absolute Gasteiger partial charge is 0.274 e. The average molecular weight is 516 g/mol. The molecule has 3 aromatic heterocycles. The van der Waals surface area contributed by atoms with E-state index in [0.717, 1.165) is 10.1 Å². The molecule has 0 saturated carbocycles. The van der Waals surface area contributed by atoms with Crippen molar-refractivity contribution >= 4 is 49.0 Å². The Kier molecular flexibility index (Phi) is 5.94. The van der Waals surface area contributed by atoms with E-state index in [1.54, 1.807) is 47.4 Å². The molecule has 34 heavy (non-hydrogen) atoms. The van der Waals surface area contributed by atoms with Crippen LogP contribution in [0.4, 0.5) is 0 Å². The van der Waals surface area contributed by atoms with Crippen LogP contribution in [0.15, 0.2) is 65.3 Å². The summed E-state index contributed by atoms with van der Waals surface area (Å²) in [5, 5.41) is 13.3. The summed E-state index contributed by atoms with van der Waals surface area (Å²) in [4.78, 5) is 22.8. The summed E-state index contributed by atoms with van der Waals surface area (Å²) in [6.45, 7) is 0.818. The Morgan fingerprint density at radius 2 is 1.85 bits per heavy atom. The van der Waals surface area contributed by atoms with Crippen molar-refractivity contribution in [2.24, 2.45) is 0 Å². The van der Waals surface area contributed by atoms with Gasteiger partial charge in [0.05, 0.1) is 12.4 Å². The van der Waals surface area contributed by atoms with Gasteiger partial charge in [-0.25, -0.2) is 18.4 Å². The zero-order valence-corrected chi connectivity index (χ0v) is 20.1. The number of hydrogen-bond acceptors (Lipinski definition) is 7. The Balaban J connectivity index is 1.27. The lowest BCUT2D eigenvalue weighted by atomic mass is 10.2. The number of sulfonamides is 1. The van der Waals surface area contributed by atoms with Gasteiger partial charge >= 0.3 is 0 Å². The first kappa shape index (κ1) is 22.7. The monoisotopic (exact) mass is 515 g/mol. The van der Waals surface area contributed by atoms with Gasteiger partial charge < -0.3 is 10.1 Å². The maximum absolute atomic E-state index is 13.1. The number of pyridine rings is 1. The number of nitrogens with zero attached hydrogens (tertiary/aromatic N) is 5. The minimum absolute atomic E-state index is 0.134. The van der Waals surface area contributed by atoms with Crippen molar-refractivity contribution in [2.45, 2.75) is 4.21 Å². The largest absolute Gasteiger partial charge is 0.618 e. The summed E-state index contributed by atoms with van der Waals surface area (Å²) in [6.07, 6.45) is 4.07. The molecule has 0 radical (unpaired) electrons. The van der Waals surface area contributed by atoms with E-state index < -0.39 is 10.0 Å². The van der Waals surface area contributed by atoms with Crippen LogP contribution in [0.25, 0.3) is 21.5 Å². The predicted molar refractivity (Wildman–Crippen MR) is 128 cm³/mol. The van der Waals surface area contributed by atoms with E-state index in [0.29, 0.717) is 21.1 Å². The molecule has 0 N–H and O–H groups in total. The first-order valence-corrected chi connectivity index (χ1v) is 13.0. The zero-order chi connectivity index (χ0) is 23.9. The van der Waals surface area contributed by atoms with E-state index in [4.69, 9.17) is 11.6 Å². The van der Waals surface area contributed by atoms with Gasteiger partial charge in [0.1, 0.15) is 9.90 Å². The lowest BCUT2D eigenvalue weighted by Crippen LogP contribution is -2.50. The lowest BCUT2D eigenvalue weighted by Gasteiger charge is -2.33. The Labute approximate surface area is 204 Å². The molecule has 1 aliphatic rings. The molecule has 0 unspecified atom stereocenters. The topological polar surface area (TPSA) is 110 Å². The van der Waals surface area contributed by atoms with E-state index in [1.807, 2.05) is 0 Å². The molecule has 9 nitrogen and oxygen atoms in total. The first-order valence-electron chi connectivity index (χ1n) is 10.3. The number of rotatable bonds is 4. The summed E-state index contributed by atoms with van der Waals surface area (Å²) in [7, 11) is -3.68. The number of piperazine rings is 1. The van der Waals surface area contributed by atoms with Crippen molar-refractivity contribution in [1.82, 2.24) is 19.2 Å². The predicted octanol–water partition coefficient (Wildman–Crippen LogP) is 2.79. The summed E-state index contributed by atoms with van der Waals surface area (Å²) < 4.78 is 29.4. The van der Waals surface area contributed by atoms with Crippen molar-refractivity contribution < 1.29 is 17.9 Å². The molecule has 0 spiro atoms. The van der Waals surface area contributed by atoms with Crippen molar-refractivity contribution in [3.63, 3.8) is 0 Å². The quantitative estimate of drug-likeness (QED) is 0.305. The third-order valence-corrected chi connectivity index (χ3v) is 9.22. The van der Waals surface area contributed by atoms with E-state index in [2.05, 4.69) is 9.97 Å². The Hall–Kier alpha value is -3.12. The van der Waals surface area contributed by atoms with Crippen LogP contribution in [0.1, 0.15) is 10.5 Å². The fraction of sp³-hybridized carbons (Fsp3) is 0.182. The van der Waals surface area contributed by atoms with Gasteiger partial charge in [-0.1, -0.05) is 17.7 Å². The minimum Gasteiger partial charge on any atom is -0.618 e. The molecule has 4 heterocycles. The van der Waals surface area contributed by atoms with E-state index in [9.17, 15) is 18.4 Å². The maximum Gasteiger partial charge on any atom is 0.274 e. The molecule has 1 amide bonds. The molecule has 1 aliphatic heterocycles. The van der Waals surface area contributed by atoms with Crippen molar-refractivity contribution in [3.05, 3.63) is 77.0 Å². The van der Waals surface area contributed by atoms with Crippen LogP contribution in [0.5, 0.6) is 0 Å². The number of hydrogen-bond donors (Lipinski definition) is 0. The molecule has 1 aromatic carbocycles. The summed E-state index contributed by atoms with van der Waals surface area (Å²) >= 11 is 7.20. The van der Waals surface area contributed by atoms with Gasteiger partial charge in [-0.05, 0) is 29.7 Å². The average Bonchev–Trinajstić information content (AvgIpc) is 3.28. The van der Waals surface area contributed by atoms with Crippen molar-refractivity contribution in [2.75, 3.05) is 26.2 Å². The molecule has 1 fully saturated rings. The number of aromatic nitrogens is 3. The van der Waals surface area contributed by atoms with Crippen LogP contribution >= 0.6 is 22.9 Å². The van der Waals surface area contributed by atoms with Gasteiger partial charge in [0.15, 0.2) is 11.9 Å². The lowest BCUT2D eigenvalue weighted by molar-refractivity contribution is -0.593. The maximum atomic E-state index is 13.1. The highest BCUT2D eigenvalue weighted by molar-refractivity contribution is 7.91. The van der Waals surface area contributed by atoms with Crippen LogP contribution in [-0.4, -0.2) is 59.7 Å². The second kappa shape index (κ2) is 8.91. The van der Waals surface area contributed by atoms with Crippen LogP contribution in [0.2, 0.25) is 5.02 Å². The molecule has 0 bridgehead atoms. The number of thiophene rings is 1. The molecule has 174 valence electrons. The first-order chi connectivity index (χ1) is 16.3. The Morgan fingerprint density at radius 3 is 2.56 bits per heavy atom. The zero-order valence-electron chi connectivity index (χ0n) is 17.7. The second-order valence-electron chi connectivity index (χ2n) is 7.64. The third-order valence-electron chi connectivity index (χ3n) is 5.54. The van der Waals surface area contributed by atoms with Crippen LogP contribution in [0, 0.1) is 5.21 Å². The molecule has 12 heteroatoms. The standard InChI is InChI=1S/C22H18ClN5O4S2/c23-16-5-4-15-11-21(33-20(15)12-16)34(31,32)27-9-7-26(8-10-27)22(29)18-14-24-17(13-25-18)19-3-1-2-6-28(19)30/h1-6,11-14H,7-10H2. The van der Waals surface area contributed by atoms with Gasteiger partial charge in [-0.3, -0.25) is 4.79 Å². The summed E-state index contributed by atoms with van der Waals surface area (Å²) in [5.41, 5.74) is 0.818. The Bertz CT molecular complexity index is 1480. The van der Waals surface area contributed by atoms with Crippen LogP contribution < -0.4 is 4.73 Å².